The molecule has 36 heavy (non-hydrogen) atoms. The highest BCUT2D eigenvalue weighted by molar-refractivity contribution is 7.88. The SMILES string of the molecule is COc1cc(CS(=O)(=O)NCc2ccc(C(=O)O)cc2)ccc1-c1ccc(Oc2ccccc2)cc1. The van der Waals surface area contributed by atoms with Crippen molar-refractivity contribution in [3.63, 3.8) is 0 Å². The Kier molecular flexibility index (Phi) is 7.68. The molecule has 0 aliphatic heterocycles. The maximum atomic E-state index is 12.6. The molecule has 0 heterocycles. The van der Waals surface area contributed by atoms with E-state index in [4.69, 9.17) is 14.6 Å². The minimum absolute atomic E-state index is 0.0643. The van der Waals surface area contributed by atoms with Crippen LogP contribution in [0.15, 0.2) is 97.1 Å². The van der Waals surface area contributed by atoms with Crippen molar-refractivity contribution in [1.82, 2.24) is 4.72 Å². The number of carbonyl (C=O) groups is 1. The lowest BCUT2D eigenvalue weighted by Gasteiger charge is -2.13. The Hall–Kier alpha value is -4.14. The molecule has 0 unspecified atom stereocenters. The highest BCUT2D eigenvalue weighted by Crippen LogP contribution is 2.33. The molecule has 0 amide bonds. The van der Waals surface area contributed by atoms with Crippen molar-refractivity contribution in [2.45, 2.75) is 12.3 Å². The third-order valence-corrected chi connectivity index (χ3v) is 6.76. The first-order chi connectivity index (χ1) is 17.3. The zero-order valence-electron chi connectivity index (χ0n) is 19.5. The molecule has 8 heteroatoms. The number of hydrogen-bond acceptors (Lipinski definition) is 5. The summed E-state index contributed by atoms with van der Waals surface area (Å²) in [5.74, 6) is 0.759. The number of ether oxygens (including phenoxy) is 2. The molecule has 0 fully saturated rings. The van der Waals surface area contributed by atoms with Crippen molar-refractivity contribution >= 4 is 16.0 Å². The number of carboxylic acids is 1. The van der Waals surface area contributed by atoms with Gasteiger partial charge in [0.1, 0.15) is 17.2 Å². The quantitative estimate of drug-likeness (QED) is 0.297. The van der Waals surface area contributed by atoms with Crippen molar-refractivity contribution < 1.29 is 27.8 Å². The van der Waals surface area contributed by atoms with Gasteiger partial charge >= 0.3 is 5.97 Å². The number of sulfonamides is 1. The molecule has 2 N–H and O–H groups in total. The van der Waals surface area contributed by atoms with Crippen LogP contribution in [0.2, 0.25) is 0 Å². The molecule has 4 aromatic rings. The van der Waals surface area contributed by atoms with Crippen molar-refractivity contribution in [3.8, 4) is 28.4 Å². The van der Waals surface area contributed by atoms with E-state index in [1.165, 1.54) is 12.1 Å². The van der Waals surface area contributed by atoms with Gasteiger partial charge in [0.15, 0.2) is 0 Å². The molecule has 0 spiro atoms. The minimum atomic E-state index is -3.64. The van der Waals surface area contributed by atoms with Crippen molar-refractivity contribution in [3.05, 3.63) is 114 Å². The molecule has 0 radical (unpaired) electrons. The lowest BCUT2D eigenvalue weighted by molar-refractivity contribution is 0.0697. The Morgan fingerprint density at radius 2 is 1.47 bits per heavy atom. The van der Waals surface area contributed by atoms with Crippen LogP contribution in [-0.2, 0) is 22.3 Å². The fourth-order valence-electron chi connectivity index (χ4n) is 3.62. The number of nitrogens with one attached hydrogen (secondary N) is 1. The number of hydrogen-bond donors (Lipinski definition) is 2. The Balaban J connectivity index is 1.43. The summed E-state index contributed by atoms with van der Waals surface area (Å²) in [7, 11) is -2.09. The van der Waals surface area contributed by atoms with Crippen LogP contribution < -0.4 is 14.2 Å². The van der Waals surface area contributed by atoms with E-state index in [0.29, 0.717) is 22.6 Å². The largest absolute Gasteiger partial charge is 0.496 e. The lowest BCUT2D eigenvalue weighted by Crippen LogP contribution is -2.24. The van der Waals surface area contributed by atoms with Crippen LogP contribution in [0.4, 0.5) is 0 Å². The number of para-hydroxylation sites is 1. The second-order valence-corrected chi connectivity index (χ2v) is 9.86. The maximum absolute atomic E-state index is 12.6. The van der Waals surface area contributed by atoms with Crippen LogP contribution >= 0.6 is 0 Å². The van der Waals surface area contributed by atoms with Crippen LogP contribution in [0.3, 0.4) is 0 Å². The van der Waals surface area contributed by atoms with Gasteiger partial charge in [0, 0.05) is 12.1 Å². The molecule has 0 saturated heterocycles. The Bertz CT molecular complexity index is 1430. The number of rotatable bonds is 10. The molecule has 0 aromatic heterocycles. The van der Waals surface area contributed by atoms with Gasteiger partial charge in [0.2, 0.25) is 10.0 Å². The third-order valence-electron chi connectivity index (χ3n) is 5.46. The maximum Gasteiger partial charge on any atom is 0.335 e. The second-order valence-electron chi connectivity index (χ2n) is 8.06. The van der Waals surface area contributed by atoms with Gasteiger partial charge in [0.25, 0.3) is 0 Å². The Labute approximate surface area is 210 Å². The third kappa shape index (κ3) is 6.50. The zero-order valence-corrected chi connectivity index (χ0v) is 20.4. The van der Waals surface area contributed by atoms with Gasteiger partial charge in [0.05, 0.1) is 18.4 Å². The molecule has 0 aliphatic carbocycles. The average Bonchev–Trinajstić information content (AvgIpc) is 2.88. The zero-order chi connectivity index (χ0) is 25.5. The number of methoxy groups -OCH3 is 1. The fraction of sp³-hybridized carbons (Fsp3) is 0.107. The molecule has 0 aliphatic rings. The van der Waals surface area contributed by atoms with Gasteiger partial charge < -0.3 is 14.6 Å². The molecule has 0 saturated carbocycles. The van der Waals surface area contributed by atoms with Gasteiger partial charge in [-0.3, -0.25) is 0 Å². The number of aromatic carboxylic acids is 1. The van der Waals surface area contributed by atoms with Gasteiger partial charge in [-0.05, 0) is 59.2 Å². The first-order valence-electron chi connectivity index (χ1n) is 11.1. The molecule has 184 valence electrons. The minimum Gasteiger partial charge on any atom is -0.496 e. The highest BCUT2D eigenvalue weighted by atomic mass is 32.2. The van der Waals surface area contributed by atoms with E-state index in [2.05, 4.69) is 4.72 Å². The summed E-state index contributed by atoms with van der Waals surface area (Å²) in [6, 6.07) is 28.4. The number of carboxylic acid groups (broad SMARTS) is 1. The Morgan fingerprint density at radius 3 is 2.11 bits per heavy atom. The molecule has 7 nitrogen and oxygen atoms in total. The first kappa shape index (κ1) is 25.0. The molecule has 0 atom stereocenters. The van der Waals surface area contributed by atoms with Crippen LogP contribution in [-0.4, -0.2) is 26.6 Å². The Morgan fingerprint density at radius 1 is 0.833 bits per heavy atom. The van der Waals surface area contributed by atoms with E-state index >= 15 is 0 Å². The van der Waals surface area contributed by atoms with Gasteiger partial charge in [-0.2, -0.15) is 0 Å². The molecule has 4 aromatic carbocycles. The predicted octanol–water partition coefficient (Wildman–Crippen LogP) is 5.47. The molecule has 4 rings (SSSR count). The highest BCUT2D eigenvalue weighted by Gasteiger charge is 2.15. The smallest absolute Gasteiger partial charge is 0.335 e. The number of benzene rings is 4. The van der Waals surface area contributed by atoms with E-state index in [-0.39, 0.29) is 17.9 Å². The van der Waals surface area contributed by atoms with Gasteiger partial charge in [-0.15, -0.1) is 0 Å². The summed E-state index contributed by atoms with van der Waals surface area (Å²) in [5.41, 5.74) is 3.12. The van der Waals surface area contributed by atoms with Crippen LogP contribution in [0, 0.1) is 0 Å². The normalized spacial score (nSPS) is 11.1. The van der Waals surface area contributed by atoms with Crippen molar-refractivity contribution in [1.29, 1.82) is 0 Å². The van der Waals surface area contributed by atoms with Crippen LogP contribution in [0.25, 0.3) is 11.1 Å². The first-order valence-corrected chi connectivity index (χ1v) is 12.8. The molecular formula is C28H25NO6S. The fourth-order valence-corrected chi connectivity index (χ4v) is 4.73. The predicted molar refractivity (Wildman–Crippen MR) is 138 cm³/mol. The summed E-state index contributed by atoms with van der Waals surface area (Å²) in [6.45, 7) is 0.0643. The summed E-state index contributed by atoms with van der Waals surface area (Å²) in [5, 5.41) is 8.97. The standard InChI is InChI=1S/C28H25NO6S/c1-34-27-17-21(19-36(32,33)29-18-20-7-10-23(11-8-20)28(30)31)9-16-26(27)22-12-14-25(15-13-22)35-24-5-3-2-4-6-24/h2-17,29H,18-19H2,1H3,(H,30,31). The van der Waals surface area contributed by atoms with Gasteiger partial charge in [-0.25, -0.2) is 17.9 Å². The van der Waals surface area contributed by atoms with Crippen LogP contribution in [0.5, 0.6) is 17.2 Å². The van der Waals surface area contributed by atoms with E-state index in [1.54, 1.807) is 31.4 Å². The summed E-state index contributed by atoms with van der Waals surface area (Å²) < 4.78 is 39.2. The molecular weight excluding hydrogens is 478 g/mol. The van der Waals surface area contributed by atoms with Crippen LogP contribution in [0.1, 0.15) is 21.5 Å². The molecule has 0 bridgehead atoms. The average molecular weight is 504 g/mol. The van der Waals surface area contributed by atoms with E-state index < -0.39 is 16.0 Å². The van der Waals surface area contributed by atoms with E-state index in [0.717, 1.165) is 16.9 Å². The topological polar surface area (TPSA) is 102 Å². The monoisotopic (exact) mass is 503 g/mol. The lowest BCUT2D eigenvalue weighted by atomic mass is 10.0. The van der Waals surface area contributed by atoms with Crippen molar-refractivity contribution in [2.75, 3.05) is 7.11 Å². The van der Waals surface area contributed by atoms with Gasteiger partial charge in [-0.1, -0.05) is 54.6 Å². The van der Waals surface area contributed by atoms with E-state index in [9.17, 15) is 13.2 Å². The van der Waals surface area contributed by atoms with E-state index in [1.807, 2.05) is 60.7 Å². The van der Waals surface area contributed by atoms with Crippen molar-refractivity contribution in [2.24, 2.45) is 0 Å². The summed E-state index contributed by atoms with van der Waals surface area (Å²) in [6.07, 6.45) is 0. The second kappa shape index (κ2) is 11.1. The summed E-state index contributed by atoms with van der Waals surface area (Å²) in [4.78, 5) is 11.0. The summed E-state index contributed by atoms with van der Waals surface area (Å²) >= 11 is 0.